The van der Waals surface area contributed by atoms with Crippen LogP contribution in [0.2, 0.25) is 0 Å². The molecule has 3 unspecified atom stereocenters. The first kappa shape index (κ1) is 11.6. The summed E-state index contributed by atoms with van der Waals surface area (Å²) in [5.74, 6) is 0.911. The van der Waals surface area contributed by atoms with Crippen LogP contribution >= 0.6 is 0 Å². The molecule has 3 atom stereocenters. The quantitative estimate of drug-likeness (QED) is 0.744. The first-order chi connectivity index (χ1) is 8.06. The van der Waals surface area contributed by atoms with Crippen LogP contribution in [0.15, 0.2) is 28.9 Å². The number of rotatable bonds is 3. The normalized spacial score (nSPS) is 32.1. The highest BCUT2D eigenvalue weighted by Crippen LogP contribution is 2.32. The summed E-state index contributed by atoms with van der Waals surface area (Å²) < 4.78 is 10.4. The van der Waals surface area contributed by atoms with Crippen LogP contribution in [0.4, 0.5) is 0 Å². The van der Waals surface area contributed by atoms with Crippen LogP contribution in [0.25, 0.3) is 0 Å². The number of carbonyl (C=O) groups excluding carboxylic acids is 1. The average Bonchev–Trinajstić information content (AvgIpc) is 2.85. The lowest BCUT2D eigenvalue weighted by molar-refractivity contribution is -0.152. The van der Waals surface area contributed by atoms with Gasteiger partial charge >= 0.3 is 5.97 Å². The van der Waals surface area contributed by atoms with Gasteiger partial charge in [-0.1, -0.05) is 0 Å². The molecule has 2 heterocycles. The van der Waals surface area contributed by atoms with Gasteiger partial charge in [0.1, 0.15) is 23.5 Å². The Labute approximate surface area is 96.9 Å². The number of nitrogens with one attached hydrogen (secondary N) is 1. The van der Waals surface area contributed by atoms with Gasteiger partial charge < -0.3 is 14.3 Å². The molecule has 1 aromatic heterocycles. The van der Waals surface area contributed by atoms with Crippen molar-refractivity contribution in [2.75, 3.05) is 0 Å². The maximum atomic E-state index is 11.1. The SMILES string of the molecule is CC1(C=C=O)NC(c2ccco2)C(C(=O)O)O1. The summed E-state index contributed by atoms with van der Waals surface area (Å²) >= 11 is 0. The summed E-state index contributed by atoms with van der Waals surface area (Å²) in [6.07, 6.45) is 1.43. The Hall–Kier alpha value is -1.88. The van der Waals surface area contributed by atoms with Crippen LogP contribution in [0, 0.1) is 0 Å². The van der Waals surface area contributed by atoms with Crippen molar-refractivity contribution >= 4 is 11.9 Å². The van der Waals surface area contributed by atoms with Crippen LogP contribution in [-0.4, -0.2) is 28.8 Å². The van der Waals surface area contributed by atoms with E-state index in [0.717, 1.165) is 6.08 Å². The highest BCUT2D eigenvalue weighted by molar-refractivity contribution is 5.74. The van der Waals surface area contributed by atoms with Crippen molar-refractivity contribution in [2.45, 2.75) is 24.8 Å². The molecule has 1 aliphatic rings. The van der Waals surface area contributed by atoms with Gasteiger partial charge in [0.25, 0.3) is 0 Å². The van der Waals surface area contributed by atoms with Gasteiger partial charge in [0.2, 0.25) is 0 Å². The zero-order valence-electron chi connectivity index (χ0n) is 9.04. The molecule has 90 valence electrons. The largest absolute Gasteiger partial charge is 0.479 e. The van der Waals surface area contributed by atoms with Gasteiger partial charge in [-0.2, -0.15) is 0 Å². The molecule has 0 radical (unpaired) electrons. The summed E-state index contributed by atoms with van der Waals surface area (Å²) in [4.78, 5) is 21.4. The summed E-state index contributed by atoms with van der Waals surface area (Å²) in [5.41, 5.74) is -1.15. The third-order valence-corrected chi connectivity index (χ3v) is 2.54. The number of carboxylic acid groups (broad SMARTS) is 1. The molecule has 0 spiro atoms. The molecule has 0 aliphatic carbocycles. The zero-order chi connectivity index (χ0) is 12.5. The van der Waals surface area contributed by atoms with E-state index in [1.807, 2.05) is 0 Å². The minimum Gasteiger partial charge on any atom is -0.479 e. The third kappa shape index (κ3) is 2.14. The summed E-state index contributed by atoms with van der Waals surface area (Å²) in [6.45, 7) is 1.55. The molecule has 17 heavy (non-hydrogen) atoms. The van der Waals surface area contributed by atoms with E-state index in [2.05, 4.69) is 5.32 Å². The fraction of sp³-hybridized carbons (Fsp3) is 0.364. The standard InChI is InChI=1S/C11H11NO5/c1-11(4-5-13)12-8(7-3-2-6-16-7)9(17-11)10(14)15/h2-4,6,8-9,12H,1H3,(H,14,15). The number of carboxylic acids is 1. The predicted molar refractivity (Wildman–Crippen MR) is 55.8 cm³/mol. The van der Waals surface area contributed by atoms with Crippen LogP contribution in [-0.2, 0) is 14.3 Å². The highest BCUT2D eigenvalue weighted by Gasteiger charge is 2.47. The molecule has 1 saturated heterocycles. The average molecular weight is 237 g/mol. The van der Waals surface area contributed by atoms with Gasteiger partial charge in [0, 0.05) is 6.08 Å². The zero-order valence-corrected chi connectivity index (χ0v) is 9.04. The van der Waals surface area contributed by atoms with Gasteiger partial charge in [-0.15, -0.1) is 0 Å². The highest BCUT2D eigenvalue weighted by atomic mass is 16.6. The van der Waals surface area contributed by atoms with Crippen LogP contribution in [0.1, 0.15) is 18.7 Å². The van der Waals surface area contributed by atoms with Crippen molar-refractivity contribution in [2.24, 2.45) is 0 Å². The van der Waals surface area contributed by atoms with E-state index in [-0.39, 0.29) is 0 Å². The molecule has 0 saturated carbocycles. The van der Waals surface area contributed by atoms with Gasteiger partial charge in [0.05, 0.1) is 6.26 Å². The number of hydrogen-bond donors (Lipinski definition) is 2. The second-order valence-electron chi connectivity index (χ2n) is 3.88. The molecule has 0 bridgehead atoms. The van der Waals surface area contributed by atoms with E-state index in [9.17, 15) is 9.59 Å². The molecule has 0 aromatic carbocycles. The molecule has 1 fully saturated rings. The van der Waals surface area contributed by atoms with Gasteiger partial charge in [-0.3, -0.25) is 5.32 Å². The molecular weight excluding hydrogens is 226 g/mol. The number of furan rings is 1. The second kappa shape index (κ2) is 4.18. The number of hydrogen-bond acceptors (Lipinski definition) is 5. The summed E-state index contributed by atoms with van der Waals surface area (Å²) in [6, 6.07) is 2.66. The minimum absolute atomic E-state index is 0.445. The first-order valence-corrected chi connectivity index (χ1v) is 4.99. The van der Waals surface area contributed by atoms with Gasteiger partial charge in [-0.05, 0) is 19.1 Å². The Kier molecular flexibility index (Phi) is 2.85. The second-order valence-corrected chi connectivity index (χ2v) is 3.88. The topological polar surface area (TPSA) is 88.8 Å². The van der Waals surface area contributed by atoms with E-state index >= 15 is 0 Å². The van der Waals surface area contributed by atoms with Crippen molar-refractivity contribution in [3.8, 4) is 0 Å². The van der Waals surface area contributed by atoms with Crippen molar-refractivity contribution in [1.29, 1.82) is 0 Å². The monoisotopic (exact) mass is 237 g/mol. The molecule has 1 aliphatic heterocycles. The van der Waals surface area contributed by atoms with Crippen molar-refractivity contribution in [3.05, 3.63) is 30.2 Å². The summed E-state index contributed by atoms with van der Waals surface area (Å²) in [5, 5.41) is 12.0. The van der Waals surface area contributed by atoms with Crippen LogP contribution in [0.3, 0.4) is 0 Å². The Bertz CT molecular complexity index is 462. The Balaban J connectivity index is 2.31. The number of ether oxygens (including phenoxy) is 1. The number of aliphatic carboxylic acids is 1. The van der Waals surface area contributed by atoms with E-state index < -0.39 is 23.8 Å². The molecule has 6 heteroatoms. The maximum absolute atomic E-state index is 11.1. The van der Waals surface area contributed by atoms with E-state index in [4.69, 9.17) is 14.3 Å². The lowest BCUT2D eigenvalue weighted by Crippen LogP contribution is -2.36. The fourth-order valence-corrected chi connectivity index (χ4v) is 1.82. The van der Waals surface area contributed by atoms with E-state index in [0.29, 0.717) is 5.76 Å². The van der Waals surface area contributed by atoms with Gasteiger partial charge in [0.15, 0.2) is 6.10 Å². The Morgan fingerprint density at radius 2 is 2.47 bits per heavy atom. The van der Waals surface area contributed by atoms with Crippen molar-refractivity contribution in [1.82, 2.24) is 5.32 Å². The molecule has 0 amide bonds. The van der Waals surface area contributed by atoms with Crippen LogP contribution < -0.4 is 5.32 Å². The van der Waals surface area contributed by atoms with Crippen molar-refractivity contribution < 1.29 is 23.8 Å². The minimum atomic E-state index is -1.15. The first-order valence-electron chi connectivity index (χ1n) is 4.99. The molecule has 1 aromatic rings. The lowest BCUT2D eigenvalue weighted by atomic mass is 10.1. The lowest BCUT2D eigenvalue weighted by Gasteiger charge is -2.17. The van der Waals surface area contributed by atoms with E-state index in [1.165, 1.54) is 6.26 Å². The maximum Gasteiger partial charge on any atom is 0.335 e. The Morgan fingerprint density at radius 1 is 1.71 bits per heavy atom. The Morgan fingerprint density at radius 3 is 3.00 bits per heavy atom. The molecule has 6 nitrogen and oxygen atoms in total. The molecule has 2 N–H and O–H groups in total. The number of carbonyl (C=O) groups is 1. The molecule has 2 rings (SSSR count). The fourth-order valence-electron chi connectivity index (χ4n) is 1.82. The van der Waals surface area contributed by atoms with E-state index in [1.54, 1.807) is 25.0 Å². The van der Waals surface area contributed by atoms with Crippen LogP contribution in [0.5, 0.6) is 0 Å². The third-order valence-electron chi connectivity index (χ3n) is 2.54. The van der Waals surface area contributed by atoms with Gasteiger partial charge in [-0.25, -0.2) is 9.59 Å². The van der Waals surface area contributed by atoms with Crippen molar-refractivity contribution in [3.63, 3.8) is 0 Å². The summed E-state index contributed by atoms with van der Waals surface area (Å²) in [7, 11) is 0. The smallest absolute Gasteiger partial charge is 0.335 e. The molecular formula is C11H11NO5. The predicted octanol–water partition coefficient (Wildman–Crippen LogP) is 0.498.